The molecule has 0 aliphatic rings. The largest absolute Gasteiger partial charge is 0.476 e. The normalized spacial score (nSPS) is 10.8. The Bertz CT molecular complexity index is 452. The molecule has 2 aromatic rings. The van der Waals surface area contributed by atoms with Gasteiger partial charge in [0.05, 0.1) is 0 Å². The molecule has 5 nitrogen and oxygen atoms in total. The van der Waals surface area contributed by atoms with Crippen LogP contribution >= 0.6 is 0 Å². The Balaban J connectivity index is 2.27. The molecule has 0 spiro atoms. The molecule has 5 heteroatoms. The molecule has 0 atom stereocenters. The van der Waals surface area contributed by atoms with E-state index in [1.165, 1.54) is 6.33 Å². The van der Waals surface area contributed by atoms with Crippen molar-refractivity contribution in [2.45, 2.75) is 6.92 Å². The standard InChI is InChI=1S/C10H14N4O/c1-8-5-9-12-7-13-14(9)10(6-8)15-4-3-11-2/h5-7,11H,3-4H2,1-2H3. The first-order chi connectivity index (χ1) is 7.31. The van der Waals surface area contributed by atoms with Crippen molar-refractivity contribution in [1.29, 1.82) is 0 Å². The average Bonchev–Trinajstić information content (AvgIpc) is 2.65. The maximum Gasteiger partial charge on any atom is 0.216 e. The monoisotopic (exact) mass is 206 g/mol. The molecule has 0 saturated carbocycles. The number of nitrogens with one attached hydrogen (secondary N) is 1. The Labute approximate surface area is 88.1 Å². The summed E-state index contributed by atoms with van der Waals surface area (Å²) in [5.74, 6) is 0.734. The topological polar surface area (TPSA) is 51.5 Å². The molecule has 15 heavy (non-hydrogen) atoms. The molecule has 0 aromatic carbocycles. The number of hydrogen-bond acceptors (Lipinski definition) is 4. The summed E-state index contributed by atoms with van der Waals surface area (Å²) in [5, 5.41) is 7.12. The summed E-state index contributed by atoms with van der Waals surface area (Å²) in [4.78, 5) is 4.12. The molecule has 2 aromatic heterocycles. The van der Waals surface area contributed by atoms with Crippen LogP contribution in [0.2, 0.25) is 0 Å². The number of aromatic nitrogens is 3. The molecule has 0 saturated heterocycles. The summed E-state index contributed by atoms with van der Waals surface area (Å²) in [6, 6.07) is 3.93. The first-order valence-corrected chi connectivity index (χ1v) is 4.89. The summed E-state index contributed by atoms with van der Waals surface area (Å²) in [6.07, 6.45) is 1.53. The maximum absolute atomic E-state index is 5.60. The summed E-state index contributed by atoms with van der Waals surface area (Å²) < 4.78 is 7.29. The molecule has 0 fully saturated rings. The van der Waals surface area contributed by atoms with E-state index in [-0.39, 0.29) is 0 Å². The number of rotatable bonds is 4. The lowest BCUT2D eigenvalue weighted by molar-refractivity contribution is 0.298. The third-order valence-electron chi connectivity index (χ3n) is 2.09. The van der Waals surface area contributed by atoms with Gasteiger partial charge in [-0.15, -0.1) is 0 Å². The van der Waals surface area contributed by atoms with Crippen molar-refractivity contribution in [2.24, 2.45) is 0 Å². The van der Waals surface area contributed by atoms with Crippen LogP contribution in [0, 0.1) is 6.92 Å². The summed E-state index contributed by atoms with van der Waals surface area (Å²) in [5.41, 5.74) is 1.93. The highest BCUT2D eigenvalue weighted by atomic mass is 16.5. The molecule has 2 heterocycles. The van der Waals surface area contributed by atoms with Gasteiger partial charge in [0, 0.05) is 12.6 Å². The second-order valence-electron chi connectivity index (χ2n) is 3.35. The van der Waals surface area contributed by atoms with E-state index in [4.69, 9.17) is 4.74 Å². The van der Waals surface area contributed by atoms with E-state index in [0.717, 1.165) is 23.6 Å². The van der Waals surface area contributed by atoms with E-state index in [2.05, 4.69) is 15.4 Å². The van der Waals surface area contributed by atoms with Gasteiger partial charge in [0.1, 0.15) is 12.9 Å². The zero-order valence-electron chi connectivity index (χ0n) is 8.90. The zero-order chi connectivity index (χ0) is 10.7. The van der Waals surface area contributed by atoms with Gasteiger partial charge in [-0.25, -0.2) is 4.98 Å². The third kappa shape index (κ3) is 2.07. The number of pyridine rings is 1. The molecule has 1 N–H and O–H groups in total. The van der Waals surface area contributed by atoms with E-state index in [1.54, 1.807) is 4.52 Å². The molecule has 0 aliphatic carbocycles. The predicted molar refractivity (Wildman–Crippen MR) is 57.1 cm³/mol. The first kappa shape index (κ1) is 9.92. The number of hydrogen-bond donors (Lipinski definition) is 1. The van der Waals surface area contributed by atoms with Crippen LogP contribution in [0.1, 0.15) is 5.56 Å². The molecule has 0 bridgehead atoms. The van der Waals surface area contributed by atoms with Crippen LogP contribution in [0.4, 0.5) is 0 Å². The van der Waals surface area contributed by atoms with Crippen LogP contribution in [0.25, 0.3) is 5.65 Å². The molecule has 0 radical (unpaired) electrons. The minimum atomic E-state index is 0.620. The van der Waals surface area contributed by atoms with Crippen molar-refractivity contribution in [3.05, 3.63) is 24.0 Å². The highest BCUT2D eigenvalue weighted by Crippen LogP contribution is 2.14. The van der Waals surface area contributed by atoms with Gasteiger partial charge in [0.2, 0.25) is 5.88 Å². The maximum atomic E-state index is 5.60. The van der Waals surface area contributed by atoms with E-state index < -0.39 is 0 Å². The van der Waals surface area contributed by atoms with Crippen LogP contribution in [0.3, 0.4) is 0 Å². The van der Waals surface area contributed by atoms with Gasteiger partial charge in [0.15, 0.2) is 5.65 Å². The minimum absolute atomic E-state index is 0.620. The van der Waals surface area contributed by atoms with Gasteiger partial charge in [-0.1, -0.05) is 0 Å². The average molecular weight is 206 g/mol. The van der Waals surface area contributed by atoms with E-state index in [9.17, 15) is 0 Å². The van der Waals surface area contributed by atoms with Crippen molar-refractivity contribution in [3.63, 3.8) is 0 Å². The number of aryl methyl sites for hydroxylation is 1. The Hall–Kier alpha value is -1.62. The van der Waals surface area contributed by atoms with Gasteiger partial charge in [-0.2, -0.15) is 9.61 Å². The van der Waals surface area contributed by atoms with Crippen LogP contribution in [0.15, 0.2) is 18.5 Å². The van der Waals surface area contributed by atoms with Gasteiger partial charge in [-0.05, 0) is 25.6 Å². The smallest absolute Gasteiger partial charge is 0.216 e. The second-order valence-corrected chi connectivity index (χ2v) is 3.35. The number of fused-ring (bicyclic) bond motifs is 1. The summed E-state index contributed by atoms with van der Waals surface area (Å²) in [6.45, 7) is 3.44. The van der Waals surface area contributed by atoms with Gasteiger partial charge in [0.25, 0.3) is 0 Å². The molecule has 0 unspecified atom stereocenters. The Morgan fingerprint density at radius 2 is 2.33 bits per heavy atom. The summed E-state index contributed by atoms with van der Waals surface area (Å²) in [7, 11) is 1.89. The fraction of sp³-hybridized carbons (Fsp3) is 0.400. The zero-order valence-corrected chi connectivity index (χ0v) is 8.90. The van der Waals surface area contributed by atoms with Crippen LogP contribution in [-0.4, -0.2) is 34.8 Å². The predicted octanol–water partition coefficient (Wildman–Crippen LogP) is 0.636. The number of likely N-dealkylation sites (N-methyl/N-ethyl adjacent to an activating group) is 1. The molecule has 0 amide bonds. The highest BCUT2D eigenvalue weighted by Gasteiger charge is 2.04. The Morgan fingerprint density at radius 3 is 3.13 bits per heavy atom. The van der Waals surface area contributed by atoms with Crippen molar-refractivity contribution in [1.82, 2.24) is 19.9 Å². The van der Waals surface area contributed by atoms with Crippen LogP contribution in [0.5, 0.6) is 5.88 Å². The lowest BCUT2D eigenvalue weighted by Gasteiger charge is -2.07. The van der Waals surface area contributed by atoms with Gasteiger partial charge >= 0.3 is 0 Å². The van der Waals surface area contributed by atoms with Crippen LogP contribution in [-0.2, 0) is 0 Å². The summed E-state index contributed by atoms with van der Waals surface area (Å²) >= 11 is 0. The third-order valence-corrected chi connectivity index (χ3v) is 2.09. The first-order valence-electron chi connectivity index (χ1n) is 4.89. The lowest BCUT2D eigenvalue weighted by atomic mass is 10.3. The van der Waals surface area contributed by atoms with Crippen LogP contribution < -0.4 is 10.1 Å². The second kappa shape index (κ2) is 4.27. The molecule has 0 aliphatic heterocycles. The van der Waals surface area contributed by atoms with E-state index in [0.29, 0.717) is 6.61 Å². The van der Waals surface area contributed by atoms with Crippen molar-refractivity contribution < 1.29 is 4.74 Å². The SMILES string of the molecule is CNCCOc1cc(C)cc2ncnn12. The molecule has 80 valence electrons. The fourth-order valence-electron chi connectivity index (χ4n) is 1.38. The van der Waals surface area contributed by atoms with E-state index >= 15 is 0 Å². The Kier molecular flexibility index (Phi) is 2.82. The minimum Gasteiger partial charge on any atom is -0.476 e. The van der Waals surface area contributed by atoms with Crippen molar-refractivity contribution in [3.8, 4) is 5.88 Å². The molecule has 2 rings (SSSR count). The van der Waals surface area contributed by atoms with E-state index in [1.807, 2.05) is 26.1 Å². The van der Waals surface area contributed by atoms with Crippen molar-refractivity contribution >= 4 is 5.65 Å². The quantitative estimate of drug-likeness (QED) is 0.746. The number of nitrogens with zero attached hydrogens (tertiary/aromatic N) is 3. The van der Waals surface area contributed by atoms with Gasteiger partial charge in [-0.3, -0.25) is 0 Å². The number of ether oxygens (including phenoxy) is 1. The van der Waals surface area contributed by atoms with Crippen molar-refractivity contribution in [2.75, 3.05) is 20.2 Å². The highest BCUT2D eigenvalue weighted by molar-refractivity contribution is 5.43. The molecular weight excluding hydrogens is 192 g/mol. The van der Waals surface area contributed by atoms with Gasteiger partial charge < -0.3 is 10.1 Å². The Morgan fingerprint density at radius 1 is 1.47 bits per heavy atom. The fourth-order valence-corrected chi connectivity index (χ4v) is 1.38. The molecular formula is C10H14N4O. The lowest BCUT2D eigenvalue weighted by Crippen LogP contribution is -2.17.